The Morgan fingerprint density at radius 1 is 0.692 bits per heavy atom. The number of pyridine rings is 2. The van der Waals surface area contributed by atoms with Crippen LogP contribution >= 0.6 is 0 Å². The zero-order valence-electron chi connectivity index (χ0n) is 7.22. The van der Waals surface area contributed by atoms with Gasteiger partial charge in [-0.25, -0.2) is 0 Å². The number of hydrogen-bond donors (Lipinski definition) is 0. The molecular formula is C10H8MgN2. The fraction of sp³-hybridized carbons (Fsp3) is 0. The molecule has 0 fully saturated rings. The van der Waals surface area contributed by atoms with Crippen LogP contribution in [0.25, 0.3) is 0 Å². The Balaban J connectivity index is 0.000000206. The molecule has 0 atom stereocenters. The van der Waals surface area contributed by atoms with Crippen molar-refractivity contribution < 1.29 is 0 Å². The predicted molar refractivity (Wildman–Crippen MR) is 51.9 cm³/mol. The SMILES string of the molecule is [Mg+2].[c-]1ccccn1.[c-]1ccccn1. The third-order valence-corrected chi connectivity index (χ3v) is 1.03. The Labute approximate surface area is 94.2 Å². The van der Waals surface area contributed by atoms with Gasteiger partial charge in [-0.05, 0) is 0 Å². The zero-order chi connectivity index (χ0) is 8.49. The summed E-state index contributed by atoms with van der Waals surface area (Å²) >= 11 is 0. The molecule has 0 radical (unpaired) electrons. The first-order valence-electron chi connectivity index (χ1n) is 3.54. The predicted octanol–water partition coefficient (Wildman–Crippen LogP) is 1.38. The number of rotatable bonds is 0. The van der Waals surface area contributed by atoms with Gasteiger partial charge in [-0.3, -0.25) is 0 Å². The molecule has 0 aliphatic heterocycles. The fourth-order valence-electron chi connectivity index (χ4n) is 0.555. The smallest absolute Gasteiger partial charge is 0.394 e. The molecule has 2 aromatic heterocycles. The van der Waals surface area contributed by atoms with Crippen LogP contribution in [0.2, 0.25) is 0 Å². The van der Waals surface area contributed by atoms with E-state index in [2.05, 4.69) is 22.4 Å². The normalized spacial score (nSPS) is 7.38. The molecule has 0 saturated heterocycles. The van der Waals surface area contributed by atoms with E-state index >= 15 is 0 Å². The van der Waals surface area contributed by atoms with Gasteiger partial charge in [0.15, 0.2) is 0 Å². The van der Waals surface area contributed by atoms with Crippen LogP contribution in [0, 0.1) is 12.4 Å². The van der Waals surface area contributed by atoms with Crippen LogP contribution in [0.4, 0.5) is 0 Å². The fourth-order valence-corrected chi connectivity index (χ4v) is 0.555. The van der Waals surface area contributed by atoms with Crippen molar-refractivity contribution in [2.75, 3.05) is 0 Å². The van der Waals surface area contributed by atoms with Gasteiger partial charge in [-0.1, -0.05) is 24.8 Å². The average molecular weight is 180 g/mol. The molecule has 3 heteroatoms. The molecule has 0 saturated carbocycles. The third-order valence-electron chi connectivity index (χ3n) is 1.03. The van der Waals surface area contributed by atoms with Crippen molar-refractivity contribution in [1.29, 1.82) is 0 Å². The molecule has 0 aliphatic rings. The van der Waals surface area contributed by atoms with E-state index in [9.17, 15) is 0 Å². The van der Waals surface area contributed by atoms with Gasteiger partial charge in [0.25, 0.3) is 0 Å². The number of nitrogens with zero attached hydrogens (tertiary/aromatic N) is 2. The molecule has 2 rings (SSSR count). The quantitative estimate of drug-likeness (QED) is 0.452. The van der Waals surface area contributed by atoms with E-state index in [1.807, 2.05) is 24.3 Å². The summed E-state index contributed by atoms with van der Waals surface area (Å²) in [7, 11) is 0. The van der Waals surface area contributed by atoms with E-state index in [0.717, 1.165) is 0 Å². The van der Waals surface area contributed by atoms with Crippen molar-refractivity contribution in [2.45, 2.75) is 0 Å². The minimum atomic E-state index is 0. The van der Waals surface area contributed by atoms with Crippen LogP contribution in [0.15, 0.2) is 48.8 Å². The summed E-state index contributed by atoms with van der Waals surface area (Å²) in [6, 6.07) is 11.0. The Bertz CT molecular complexity index is 188. The van der Waals surface area contributed by atoms with E-state index in [1.165, 1.54) is 0 Å². The standard InChI is InChI=1S/2C5H4N.Mg/c2*1-2-4-6-5-3-1;/h2*1-4H;/q2*-1;+2. The number of hydrogen-bond acceptors (Lipinski definition) is 2. The number of aromatic nitrogens is 2. The second-order valence-electron chi connectivity index (χ2n) is 1.92. The van der Waals surface area contributed by atoms with Crippen molar-refractivity contribution in [1.82, 2.24) is 9.97 Å². The maximum atomic E-state index is 3.66. The van der Waals surface area contributed by atoms with Gasteiger partial charge in [0.2, 0.25) is 0 Å². The summed E-state index contributed by atoms with van der Waals surface area (Å²) in [6.45, 7) is 0. The van der Waals surface area contributed by atoms with Gasteiger partial charge >= 0.3 is 23.1 Å². The molecule has 0 unspecified atom stereocenters. The monoisotopic (exact) mass is 180 g/mol. The van der Waals surface area contributed by atoms with E-state index in [-0.39, 0.29) is 23.1 Å². The third kappa shape index (κ3) is 7.43. The first-order chi connectivity index (χ1) is 6.00. The minimum Gasteiger partial charge on any atom is -0.394 e. The molecule has 0 amide bonds. The molecule has 0 aliphatic carbocycles. The van der Waals surface area contributed by atoms with Crippen LogP contribution < -0.4 is 0 Å². The Morgan fingerprint density at radius 3 is 1.23 bits per heavy atom. The second kappa shape index (κ2) is 9.16. The molecule has 13 heavy (non-hydrogen) atoms. The molecular weight excluding hydrogens is 172 g/mol. The minimum absolute atomic E-state index is 0. The van der Waals surface area contributed by atoms with Crippen molar-refractivity contribution in [3.05, 3.63) is 61.2 Å². The van der Waals surface area contributed by atoms with Gasteiger partial charge in [0.1, 0.15) is 0 Å². The summed E-state index contributed by atoms with van der Waals surface area (Å²) in [5.41, 5.74) is 0. The maximum absolute atomic E-state index is 3.66. The molecule has 0 aromatic carbocycles. The largest absolute Gasteiger partial charge is 2.00 e. The molecule has 0 N–H and O–H groups in total. The summed E-state index contributed by atoms with van der Waals surface area (Å²) in [6.07, 6.45) is 8.67. The van der Waals surface area contributed by atoms with Crippen molar-refractivity contribution >= 4 is 23.1 Å². The molecule has 0 bridgehead atoms. The Morgan fingerprint density at radius 2 is 1.15 bits per heavy atom. The molecule has 2 heterocycles. The zero-order valence-corrected chi connectivity index (χ0v) is 8.63. The molecule has 2 aromatic rings. The van der Waals surface area contributed by atoms with E-state index in [1.54, 1.807) is 24.5 Å². The summed E-state index contributed by atoms with van der Waals surface area (Å²) in [5.74, 6) is 0. The maximum Gasteiger partial charge on any atom is 2.00 e. The van der Waals surface area contributed by atoms with Crippen LogP contribution in [0.3, 0.4) is 0 Å². The Hall–Kier alpha value is -0.934. The van der Waals surface area contributed by atoms with Crippen molar-refractivity contribution in [3.8, 4) is 0 Å². The van der Waals surface area contributed by atoms with Crippen LogP contribution in [-0.4, -0.2) is 33.0 Å². The average Bonchev–Trinajstić information content (AvgIpc) is 2.24. The van der Waals surface area contributed by atoms with Crippen LogP contribution in [0.5, 0.6) is 0 Å². The molecule has 60 valence electrons. The van der Waals surface area contributed by atoms with Gasteiger partial charge in [0.05, 0.1) is 0 Å². The van der Waals surface area contributed by atoms with Crippen molar-refractivity contribution in [2.24, 2.45) is 0 Å². The molecule has 0 spiro atoms. The Kier molecular flexibility index (Phi) is 8.50. The second-order valence-corrected chi connectivity index (χ2v) is 1.92. The van der Waals surface area contributed by atoms with Gasteiger partial charge in [0, 0.05) is 0 Å². The van der Waals surface area contributed by atoms with Gasteiger partial charge in [-0.15, -0.1) is 0 Å². The van der Waals surface area contributed by atoms with Gasteiger partial charge < -0.3 is 9.97 Å². The summed E-state index contributed by atoms with van der Waals surface area (Å²) in [4.78, 5) is 7.32. The van der Waals surface area contributed by atoms with Gasteiger partial charge in [-0.2, -0.15) is 36.4 Å². The first-order valence-corrected chi connectivity index (χ1v) is 3.54. The van der Waals surface area contributed by atoms with E-state index < -0.39 is 0 Å². The van der Waals surface area contributed by atoms with Crippen LogP contribution in [0.1, 0.15) is 0 Å². The van der Waals surface area contributed by atoms with E-state index in [0.29, 0.717) is 0 Å². The van der Waals surface area contributed by atoms with E-state index in [4.69, 9.17) is 0 Å². The van der Waals surface area contributed by atoms with Crippen LogP contribution in [-0.2, 0) is 0 Å². The molecule has 2 nitrogen and oxygen atoms in total. The topological polar surface area (TPSA) is 25.8 Å². The summed E-state index contributed by atoms with van der Waals surface area (Å²) in [5, 5.41) is 0. The summed E-state index contributed by atoms with van der Waals surface area (Å²) < 4.78 is 0. The first kappa shape index (κ1) is 12.1. The van der Waals surface area contributed by atoms with Crippen molar-refractivity contribution in [3.63, 3.8) is 0 Å².